The number of thioether (sulfide) groups is 1. The van der Waals surface area contributed by atoms with Gasteiger partial charge in [0.15, 0.2) is 16.7 Å². The molecule has 1 N–H and O–H groups in total. The molecule has 202 valence electrons. The molecule has 8 nitrogen and oxygen atoms in total. The average Bonchev–Trinajstić information content (AvgIpc) is 3.35. The summed E-state index contributed by atoms with van der Waals surface area (Å²) >= 11 is 5.85. The van der Waals surface area contributed by atoms with E-state index in [4.69, 9.17) is 21.1 Å². The lowest BCUT2D eigenvalue weighted by atomic mass is 10.1. The van der Waals surface area contributed by atoms with Crippen LogP contribution in [0.25, 0.3) is 0 Å². The number of anilines is 1. The van der Waals surface area contributed by atoms with Crippen molar-refractivity contribution in [2.75, 3.05) is 12.1 Å². The molecule has 3 aromatic carbocycles. The average molecular weight is 578 g/mol. The van der Waals surface area contributed by atoms with E-state index < -0.39 is 22.5 Å². The highest BCUT2D eigenvalue weighted by atomic mass is 35.5. The van der Waals surface area contributed by atoms with E-state index in [9.17, 15) is 22.8 Å². The molecule has 1 fully saturated rings. The number of alkyl halides is 3. The molecule has 0 saturated carbocycles. The molecule has 0 spiro atoms. The summed E-state index contributed by atoms with van der Waals surface area (Å²) in [6.45, 7) is 0.268. The number of amidine groups is 1. The molecule has 13 heteroatoms. The van der Waals surface area contributed by atoms with Gasteiger partial charge in [-0.15, -0.1) is 8.78 Å². The summed E-state index contributed by atoms with van der Waals surface area (Å²) in [6, 6.07) is 15.9. The first kappa shape index (κ1) is 26.7. The molecule has 1 atom stereocenters. The van der Waals surface area contributed by atoms with E-state index in [0.717, 1.165) is 17.3 Å². The number of ether oxygens (including phenoxy) is 3. The van der Waals surface area contributed by atoms with Crippen LogP contribution in [0.5, 0.6) is 17.2 Å². The van der Waals surface area contributed by atoms with E-state index in [1.165, 1.54) is 53.4 Å². The molecule has 0 aliphatic carbocycles. The van der Waals surface area contributed by atoms with Crippen LogP contribution in [0.3, 0.4) is 0 Å². The summed E-state index contributed by atoms with van der Waals surface area (Å²) in [7, 11) is 0. The van der Waals surface area contributed by atoms with Crippen LogP contribution in [0.15, 0.2) is 71.7 Å². The third-order valence-electron chi connectivity index (χ3n) is 5.62. The van der Waals surface area contributed by atoms with Crippen LogP contribution in [-0.2, 0) is 16.1 Å². The van der Waals surface area contributed by atoms with Gasteiger partial charge < -0.3 is 19.5 Å². The minimum absolute atomic E-state index is 0.111. The van der Waals surface area contributed by atoms with Gasteiger partial charge in [0.2, 0.25) is 18.6 Å². The summed E-state index contributed by atoms with van der Waals surface area (Å²) in [4.78, 5) is 32.3. The SMILES string of the molecule is O=C(Nc1ccc(OC(F)(F)Cl)cc1)[C@@H]1CC(=O)N(Cc2ccc3c(c2)OCO3)C(=Nc2ccc(F)cc2)S1. The summed E-state index contributed by atoms with van der Waals surface area (Å²) in [5.41, 5.74) is -2.41. The van der Waals surface area contributed by atoms with Crippen LogP contribution in [-0.4, -0.2) is 39.5 Å². The molecule has 0 aromatic heterocycles. The van der Waals surface area contributed by atoms with Crippen molar-refractivity contribution < 1.29 is 37.0 Å². The fourth-order valence-corrected chi connectivity index (χ4v) is 4.99. The van der Waals surface area contributed by atoms with Crippen molar-refractivity contribution in [2.24, 2.45) is 4.99 Å². The molecular weight excluding hydrogens is 559 g/mol. The smallest absolute Gasteiger partial charge is 0.454 e. The number of hydrogen-bond acceptors (Lipinski definition) is 7. The van der Waals surface area contributed by atoms with Gasteiger partial charge in [0.05, 0.1) is 12.2 Å². The molecule has 2 aliphatic heterocycles. The molecular formula is C26H19ClF3N3O5S. The minimum Gasteiger partial charge on any atom is -0.454 e. The standard InChI is InChI=1S/C26H19ClF3N3O5S/c27-26(29,30)38-19-8-6-17(7-9-19)31-24(35)22-12-23(34)33(13-15-1-10-20-21(11-15)37-14-36-20)25(39-22)32-18-4-2-16(28)3-5-18/h1-11,22H,12-14H2,(H,31,35)/t22-/m0/s1. The second-order valence-electron chi connectivity index (χ2n) is 8.41. The molecule has 39 heavy (non-hydrogen) atoms. The van der Waals surface area contributed by atoms with Gasteiger partial charge in [0.1, 0.15) is 16.8 Å². The molecule has 2 amide bonds. The van der Waals surface area contributed by atoms with Crippen molar-refractivity contribution in [1.82, 2.24) is 4.90 Å². The third-order valence-corrected chi connectivity index (χ3v) is 6.88. The third kappa shape index (κ3) is 6.76. The van der Waals surface area contributed by atoms with E-state index in [-0.39, 0.29) is 36.6 Å². The van der Waals surface area contributed by atoms with Crippen molar-refractivity contribution in [3.8, 4) is 17.2 Å². The molecule has 0 bridgehead atoms. The summed E-state index contributed by atoms with van der Waals surface area (Å²) < 4.78 is 54.1. The molecule has 0 unspecified atom stereocenters. The number of nitrogens with zero attached hydrogens (tertiary/aromatic N) is 2. The summed E-state index contributed by atoms with van der Waals surface area (Å²) in [5, 5.41) is 2.08. The first-order chi connectivity index (χ1) is 18.6. The number of aliphatic imine (C=N–C) groups is 1. The predicted molar refractivity (Wildman–Crippen MR) is 139 cm³/mol. The lowest BCUT2D eigenvalue weighted by molar-refractivity contribution is -0.129. The highest BCUT2D eigenvalue weighted by Gasteiger charge is 2.36. The Hall–Kier alpha value is -3.90. The predicted octanol–water partition coefficient (Wildman–Crippen LogP) is 5.88. The van der Waals surface area contributed by atoms with E-state index in [1.54, 1.807) is 18.2 Å². The quantitative estimate of drug-likeness (QED) is 0.353. The second-order valence-corrected chi connectivity index (χ2v) is 10.0. The van der Waals surface area contributed by atoms with Gasteiger partial charge in [-0.05, 0) is 66.2 Å². The number of benzene rings is 3. The fraction of sp³-hybridized carbons (Fsp3) is 0.192. The second kappa shape index (κ2) is 11.1. The largest absolute Gasteiger partial charge is 0.487 e. The molecule has 0 radical (unpaired) electrons. The van der Waals surface area contributed by atoms with Gasteiger partial charge in [-0.3, -0.25) is 14.5 Å². The lowest BCUT2D eigenvalue weighted by Crippen LogP contribution is -2.44. The van der Waals surface area contributed by atoms with Crippen LogP contribution in [0, 0.1) is 5.82 Å². The Kier molecular flexibility index (Phi) is 7.58. The van der Waals surface area contributed by atoms with Gasteiger partial charge in [0, 0.05) is 23.7 Å². The van der Waals surface area contributed by atoms with Crippen molar-refractivity contribution >= 4 is 51.7 Å². The van der Waals surface area contributed by atoms with Crippen molar-refractivity contribution in [3.63, 3.8) is 0 Å². The monoisotopic (exact) mass is 577 g/mol. The molecule has 1 saturated heterocycles. The Morgan fingerprint density at radius 3 is 2.54 bits per heavy atom. The Labute approximate surface area is 229 Å². The van der Waals surface area contributed by atoms with Gasteiger partial charge in [-0.1, -0.05) is 17.8 Å². The van der Waals surface area contributed by atoms with Crippen LogP contribution in [0.1, 0.15) is 12.0 Å². The van der Waals surface area contributed by atoms with Crippen LogP contribution in [0.2, 0.25) is 0 Å². The maximum absolute atomic E-state index is 13.4. The fourth-order valence-electron chi connectivity index (χ4n) is 3.81. The molecule has 3 aromatic rings. The highest BCUT2D eigenvalue weighted by molar-refractivity contribution is 8.15. The van der Waals surface area contributed by atoms with Crippen LogP contribution >= 0.6 is 23.4 Å². The maximum atomic E-state index is 13.4. The Balaban J connectivity index is 1.34. The first-order valence-corrected chi connectivity index (χ1v) is 12.8. The van der Waals surface area contributed by atoms with Crippen molar-refractivity contribution in [2.45, 2.75) is 23.8 Å². The van der Waals surface area contributed by atoms with E-state index in [2.05, 4.69) is 15.0 Å². The van der Waals surface area contributed by atoms with Crippen LogP contribution in [0.4, 0.5) is 24.5 Å². The first-order valence-electron chi connectivity index (χ1n) is 11.5. The Bertz CT molecular complexity index is 1420. The zero-order valence-corrected chi connectivity index (χ0v) is 21.5. The van der Waals surface area contributed by atoms with Gasteiger partial charge in [0.25, 0.3) is 0 Å². The number of rotatable bonds is 7. The van der Waals surface area contributed by atoms with Crippen molar-refractivity contribution in [1.29, 1.82) is 0 Å². The normalized spacial score (nSPS) is 17.8. The van der Waals surface area contributed by atoms with Crippen LogP contribution < -0.4 is 19.5 Å². The lowest BCUT2D eigenvalue weighted by Gasteiger charge is -2.32. The maximum Gasteiger partial charge on any atom is 0.487 e. The number of amides is 2. The van der Waals surface area contributed by atoms with E-state index in [1.807, 2.05) is 0 Å². The number of nitrogens with one attached hydrogen (secondary N) is 1. The number of carbonyl (C=O) groups is 2. The van der Waals surface area contributed by atoms with Crippen molar-refractivity contribution in [3.05, 3.63) is 78.1 Å². The van der Waals surface area contributed by atoms with Gasteiger partial charge >= 0.3 is 5.57 Å². The number of fused-ring (bicyclic) bond motifs is 1. The van der Waals surface area contributed by atoms with Gasteiger partial charge in [-0.25, -0.2) is 9.38 Å². The topological polar surface area (TPSA) is 89.5 Å². The summed E-state index contributed by atoms with van der Waals surface area (Å²) in [5.74, 6) is -0.300. The minimum atomic E-state index is -3.86. The Morgan fingerprint density at radius 1 is 1.10 bits per heavy atom. The molecule has 5 rings (SSSR count). The number of hydrogen-bond donors (Lipinski definition) is 1. The molecule has 2 aliphatic rings. The van der Waals surface area contributed by atoms with Gasteiger partial charge in [-0.2, -0.15) is 0 Å². The number of carbonyl (C=O) groups excluding carboxylic acids is 2. The zero-order chi connectivity index (χ0) is 27.6. The highest BCUT2D eigenvalue weighted by Crippen LogP contribution is 2.35. The molecule has 2 heterocycles. The zero-order valence-electron chi connectivity index (χ0n) is 19.9. The Morgan fingerprint density at radius 2 is 1.82 bits per heavy atom. The summed E-state index contributed by atoms with van der Waals surface area (Å²) in [6.07, 6.45) is -0.122. The van der Waals surface area contributed by atoms with E-state index >= 15 is 0 Å². The number of halogens is 4. The van der Waals surface area contributed by atoms with E-state index in [0.29, 0.717) is 22.9 Å².